The van der Waals surface area contributed by atoms with E-state index in [4.69, 9.17) is 5.73 Å². The van der Waals surface area contributed by atoms with Crippen LogP contribution in [0.4, 0.5) is 0 Å². The van der Waals surface area contributed by atoms with Gasteiger partial charge in [-0.15, -0.1) is 0 Å². The standard InChI is InChI=1S/C12H14N4O/c1-14-12(17)9-4-2-3-8(5-9)10-6-11(13)16-15-7-10/h2-6,15H,7H2,1H3,(H2,13,16)(H,14,17). The molecule has 2 rings (SSSR count). The van der Waals surface area contributed by atoms with E-state index >= 15 is 0 Å². The Morgan fingerprint density at radius 2 is 2.35 bits per heavy atom. The van der Waals surface area contributed by atoms with Gasteiger partial charge < -0.3 is 16.5 Å². The summed E-state index contributed by atoms with van der Waals surface area (Å²) in [5.41, 5.74) is 11.1. The molecule has 0 aromatic heterocycles. The molecule has 0 bridgehead atoms. The molecule has 0 atom stereocenters. The highest BCUT2D eigenvalue weighted by Gasteiger charge is 2.09. The molecule has 0 saturated carbocycles. The Morgan fingerprint density at radius 1 is 1.53 bits per heavy atom. The minimum atomic E-state index is -0.0992. The average molecular weight is 230 g/mol. The van der Waals surface area contributed by atoms with E-state index in [1.54, 1.807) is 19.2 Å². The number of nitrogens with two attached hydrogens (primary N) is 1. The number of carbonyl (C=O) groups excluding carboxylic acids is 1. The Hall–Kier alpha value is -2.30. The van der Waals surface area contributed by atoms with Gasteiger partial charge in [0.15, 0.2) is 0 Å². The third-order valence-electron chi connectivity index (χ3n) is 2.52. The summed E-state index contributed by atoms with van der Waals surface area (Å²) in [4.78, 5) is 11.5. The van der Waals surface area contributed by atoms with Crippen molar-refractivity contribution in [2.45, 2.75) is 0 Å². The lowest BCUT2D eigenvalue weighted by Gasteiger charge is -2.13. The van der Waals surface area contributed by atoms with Gasteiger partial charge in [0.2, 0.25) is 0 Å². The van der Waals surface area contributed by atoms with Crippen molar-refractivity contribution in [2.24, 2.45) is 10.8 Å². The average Bonchev–Trinajstić information content (AvgIpc) is 2.38. The molecule has 4 N–H and O–H groups in total. The first-order chi connectivity index (χ1) is 8.20. The number of nitrogens with zero attached hydrogens (tertiary/aromatic N) is 1. The first-order valence-electron chi connectivity index (χ1n) is 5.30. The van der Waals surface area contributed by atoms with E-state index in [0.29, 0.717) is 17.9 Å². The van der Waals surface area contributed by atoms with E-state index in [0.717, 1.165) is 11.1 Å². The number of hydrogen-bond donors (Lipinski definition) is 3. The molecule has 1 aromatic rings. The van der Waals surface area contributed by atoms with Gasteiger partial charge in [-0.05, 0) is 29.3 Å². The molecule has 0 spiro atoms. The fourth-order valence-electron chi connectivity index (χ4n) is 1.67. The molecule has 0 radical (unpaired) electrons. The van der Waals surface area contributed by atoms with Crippen LogP contribution < -0.4 is 16.5 Å². The Bertz CT molecular complexity index is 505. The molecule has 88 valence electrons. The maximum absolute atomic E-state index is 11.5. The number of amidine groups is 1. The van der Waals surface area contributed by atoms with Crippen LogP contribution in [0.2, 0.25) is 0 Å². The van der Waals surface area contributed by atoms with Crippen LogP contribution in [0, 0.1) is 0 Å². The van der Waals surface area contributed by atoms with Crippen molar-refractivity contribution in [3.63, 3.8) is 0 Å². The molecule has 1 amide bonds. The number of carbonyl (C=O) groups is 1. The van der Waals surface area contributed by atoms with Crippen molar-refractivity contribution >= 4 is 17.3 Å². The zero-order valence-electron chi connectivity index (χ0n) is 9.53. The normalized spacial score (nSPS) is 14.4. The van der Waals surface area contributed by atoms with Gasteiger partial charge in [0.1, 0.15) is 5.84 Å². The Morgan fingerprint density at radius 3 is 3.06 bits per heavy atom. The summed E-state index contributed by atoms with van der Waals surface area (Å²) < 4.78 is 0. The largest absolute Gasteiger partial charge is 0.382 e. The minimum Gasteiger partial charge on any atom is -0.382 e. The van der Waals surface area contributed by atoms with Gasteiger partial charge in [-0.3, -0.25) is 4.79 Å². The molecule has 17 heavy (non-hydrogen) atoms. The second-order valence-electron chi connectivity index (χ2n) is 3.70. The SMILES string of the molecule is CNC(=O)c1cccc(C2=CC(N)=NNC2)c1. The molecule has 0 unspecified atom stereocenters. The molecule has 1 heterocycles. The van der Waals surface area contributed by atoms with Crippen LogP contribution in [0.5, 0.6) is 0 Å². The first-order valence-corrected chi connectivity index (χ1v) is 5.30. The van der Waals surface area contributed by atoms with E-state index < -0.39 is 0 Å². The highest BCUT2D eigenvalue weighted by molar-refractivity contribution is 6.00. The number of amides is 1. The zero-order valence-corrected chi connectivity index (χ0v) is 9.53. The van der Waals surface area contributed by atoms with Crippen LogP contribution in [-0.2, 0) is 0 Å². The van der Waals surface area contributed by atoms with Crippen LogP contribution in [0.1, 0.15) is 15.9 Å². The van der Waals surface area contributed by atoms with Gasteiger partial charge in [-0.2, -0.15) is 5.10 Å². The second kappa shape index (κ2) is 4.69. The van der Waals surface area contributed by atoms with E-state index in [1.165, 1.54) is 0 Å². The summed E-state index contributed by atoms with van der Waals surface area (Å²) in [5.74, 6) is 0.342. The molecule has 0 aliphatic carbocycles. The summed E-state index contributed by atoms with van der Waals surface area (Å²) in [6.07, 6.45) is 1.81. The predicted octanol–water partition coefficient (Wildman–Crippen LogP) is 0.305. The van der Waals surface area contributed by atoms with Crippen molar-refractivity contribution in [2.75, 3.05) is 13.6 Å². The monoisotopic (exact) mass is 230 g/mol. The Labute approximate surface area is 99.4 Å². The number of benzene rings is 1. The number of hydrazone groups is 1. The fourth-order valence-corrected chi connectivity index (χ4v) is 1.67. The number of rotatable bonds is 2. The minimum absolute atomic E-state index is 0.0992. The Balaban J connectivity index is 2.34. The highest BCUT2D eigenvalue weighted by Crippen LogP contribution is 2.16. The molecule has 5 nitrogen and oxygen atoms in total. The quantitative estimate of drug-likeness (QED) is 0.684. The lowest BCUT2D eigenvalue weighted by atomic mass is 10.0. The summed E-state index contributed by atoms with van der Waals surface area (Å²) in [5, 5.41) is 6.47. The van der Waals surface area contributed by atoms with Crippen molar-refractivity contribution in [1.29, 1.82) is 0 Å². The molecule has 5 heteroatoms. The summed E-state index contributed by atoms with van der Waals surface area (Å²) in [6.45, 7) is 0.609. The van der Waals surface area contributed by atoms with Crippen LogP contribution in [0.3, 0.4) is 0 Å². The first kappa shape index (κ1) is 11.2. The number of nitrogens with one attached hydrogen (secondary N) is 2. The van der Waals surface area contributed by atoms with E-state index in [1.807, 2.05) is 18.2 Å². The fraction of sp³-hybridized carbons (Fsp3) is 0.167. The lowest BCUT2D eigenvalue weighted by molar-refractivity contribution is 0.0963. The summed E-state index contributed by atoms with van der Waals surface area (Å²) in [6, 6.07) is 7.41. The maximum atomic E-state index is 11.5. The molecular formula is C12H14N4O. The van der Waals surface area contributed by atoms with Gasteiger partial charge in [-0.25, -0.2) is 0 Å². The van der Waals surface area contributed by atoms with Gasteiger partial charge in [0, 0.05) is 12.6 Å². The highest BCUT2D eigenvalue weighted by atomic mass is 16.1. The number of hydrogen-bond acceptors (Lipinski definition) is 4. The van der Waals surface area contributed by atoms with Gasteiger partial charge in [0.05, 0.1) is 6.54 Å². The van der Waals surface area contributed by atoms with Crippen molar-refractivity contribution < 1.29 is 4.79 Å². The van der Waals surface area contributed by atoms with Gasteiger partial charge in [-0.1, -0.05) is 12.1 Å². The molecule has 1 aliphatic heterocycles. The smallest absolute Gasteiger partial charge is 0.251 e. The molecular weight excluding hydrogens is 216 g/mol. The molecule has 1 aliphatic rings. The topological polar surface area (TPSA) is 79.5 Å². The van der Waals surface area contributed by atoms with Crippen LogP contribution >= 0.6 is 0 Å². The predicted molar refractivity (Wildman–Crippen MR) is 67.4 cm³/mol. The third kappa shape index (κ3) is 2.44. The van der Waals surface area contributed by atoms with Crippen LogP contribution in [0.25, 0.3) is 5.57 Å². The lowest BCUT2D eigenvalue weighted by Crippen LogP contribution is -2.23. The third-order valence-corrected chi connectivity index (χ3v) is 2.52. The summed E-state index contributed by atoms with van der Waals surface area (Å²) in [7, 11) is 1.61. The van der Waals surface area contributed by atoms with Crippen LogP contribution in [0.15, 0.2) is 35.4 Å². The van der Waals surface area contributed by atoms with Crippen molar-refractivity contribution in [1.82, 2.24) is 10.7 Å². The maximum Gasteiger partial charge on any atom is 0.251 e. The van der Waals surface area contributed by atoms with Gasteiger partial charge in [0.25, 0.3) is 5.91 Å². The summed E-state index contributed by atoms with van der Waals surface area (Å²) >= 11 is 0. The van der Waals surface area contributed by atoms with Gasteiger partial charge >= 0.3 is 0 Å². The van der Waals surface area contributed by atoms with Crippen LogP contribution in [-0.4, -0.2) is 25.3 Å². The Kier molecular flexibility index (Phi) is 3.09. The van der Waals surface area contributed by atoms with E-state index in [9.17, 15) is 4.79 Å². The zero-order chi connectivity index (χ0) is 12.3. The van der Waals surface area contributed by atoms with Crippen molar-refractivity contribution in [3.8, 4) is 0 Å². The molecule has 1 aromatic carbocycles. The molecule has 0 fully saturated rings. The van der Waals surface area contributed by atoms with E-state index in [-0.39, 0.29) is 5.91 Å². The van der Waals surface area contributed by atoms with Crippen molar-refractivity contribution in [3.05, 3.63) is 41.5 Å². The molecule has 0 saturated heterocycles. The van der Waals surface area contributed by atoms with E-state index in [2.05, 4.69) is 15.8 Å². The second-order valence-corrected chi connectivity index (χ2v) is 3.70.